The average molecular weight is 284 g/mol. The van der Waals surface area contributed by atoms with Gasteiger partial charge in [0.1, 0.15) is 0 Å². The number of hydrogen-bond donors (Lipinski definition) is 1. The average Bonchev–Trinajstić information content (AvgIpc) is 2.97. The lowest BCUT2D eigenvalue weighted by molar-refractivity contribution is -0.138. The minimum Gasteiger partial charge on any atom is -0.338 e. The number of carbonyl (C=O) groups excluding carboxylic acids is 1. The molecule has 3 nitrogen and oxygen atoms in total. The van der Waals surface area contributed by atoms with Crippen LogP contribution in [0.5, 0.6) is 0 Å². The minimum absolute atomic E-state index is 0.243. The van der Waals surface area contributed by atoms with E-state index in [9.17, 15) is 18.0 Å². The summed E-state index contributed by atoms with van der Waals surface area (Å²) in [6, 6.07) is 5.01. The number of rotatable bonds is 1. The second-order valence-corrected chi connectivity index (χ2v) is 5.43. The number of halogens is 3. The summed E-state index contributed by atoms with van der Waals surface area (Å²) >= 11 is 0. The first-order chi connectivity index (χ1) is 9.47. The van der Waals surface area contributed by atoms with E-state index in [1.54, 1.807) is 4.90 Å². The number of nitrogens with zero attached hydrogens (tertiary/aromatic N) is 1. The van der Waals surface area contributed by atoms with Gasteiger partial charge in [0.05, 0.1) is 11.1 Å². The van der Waals surface area contributed by atoms with Crippen LogP contribution in [-0.4, -0.2) is 37.0 Å². The van der Waals surface area contributed by atoms with Crippen molar-refractivity contribution in [1.82, 2.24) is 10.2 Å². The quantitative estimate of drug-likeness (QED) is 0.855. The lowest BCUT2D eigenvalue weighted by Crippen LogP contribution is -2.33. The van der Waals surface area contributed by atoms with Crippen molar-refractivity contribution in [3.63, 3.8) is 0 Å². The number of nitrogens with one attached hydrogen (secondary N) is 1. The molecule has 0 unspecified atom stereocenters. The Balaban J connectivity index is 1.85. The molecule has 2 fully saturated rings. The van der Waals surface area contributed by atoms with E-state index in [1.807, 2.05) is 0 Å². The van der Waals surface area contributed by atoms with Gasteiger partial charge in [0.25, 0.3) is 5.91 Å². The van der Waals surface area contributed by atoms with E-state index >= 15 is 0 Å². The van der Waals surface area contributed by atoms with Gasteiger partial charge in [-0.3, -0.25) is 4.79 Å². The predicted molar refractivity (Wildman–Crippen MR) is 67.2 cm³/mol. The van der Waals surface area contributed by atoms with Gasteiger partial charge in [-0.15, -0.1) is 0 Å². The molecule has 0 spiro atoms. The van der Waals surface area contributed by atoms with Gasteiger partial charge in [0, 0.05) is 26.2 Å². The van der Waals surface area contributed by atoms with Crippen LogP contribution in [0.4, 0.5) is 13.2 Å². The maximum Gasteiger partial charge on any atom is 0.417 e. The molecule has 1 aromatic rings. The Kier molecular flexibility index (Phi) is 3.20. The van der Waals surface area contributed by atoms with Gasteiger partial charge >= 0.3 is 6.18 Å². The zero-order valence-electron chi connectivity index (χ0n) is 10.8. The SMILES string of the molecule is O=C(c1ccccc1C(F)(F)F)N1C[C@H]2CNC[C@H]2C1. The van der Waals surface area contributed by atoms with Crippen molar-refractivity contribution in [3.05, 3.63) is 35.4 Å². The molecule has 1 amide bonds. The highest BCUT2D eigenvalue weighted by atomic mass is 19.4. The Bertz CT molecular complexity index is 517. The predicted octanol–water partition coefficient (Wildman–Crippen LogP) is 2.00. The van der Waals surface area contributed by atoms with Crippen molar-refractivity contribution in [1.29, 1.82) is 0 Å². The molecular weight excluding hydrogens is 269 g/mol. The molecule has 2 aliphatic rings. The Morgan fingerprint density at radius 1 is 1.15 bits per heavy atom. The number of benzene rings is 1. The first-order valence-electron chi connectivity index (χ1n) is 6.63. The van der Waals surface area contributed by atoms with Crippen LogP contribution in [0.2, 0.25) is 0 Å². The zero-order valence-corrected chi connectivity index (χ0v) is 10.8. The maximum atomic E-state index is 12.9. The van der Waals surface area contributed by atoms with Gasteiger partial charge in [-0.25, -0.2) is 0 Å². The highest BCUT2D eigenvalue weighted by Gasteiger charge is 2.41. The van der Waals surface area contributed by atoms with E-state index in [2.05, 4.69) is 5.32 Å². The first kappa shape index (κ1) is 13.4. The third-order valence-corrected chi connectivity index (χ3v) is 4.14. The minimum atomic E-state index is -4.50. The molecule has 0 aliphatic carbocycles. The van der Waals surface area contributed by atoms with Crippen LogP contribution in [0.1, 0.15) is 15.9 Å². The molecule has 20 heavy (non-hydrogen) atoms. The van der Waals surface area contributed by atoms with Gasteiger partial charge in [0.15, 0.2) is 0 Å². The van der Waals surface area contributed by atoms with Crippen LogP contribution in [0.3, 0.4) is 0 Å². The Morgan fingerprint density at radius 3 is 2.35 bits per heavy atom. The number of hydrogen-bond acceptors (Lipinski definition) is 2. The van der Waals surface area contributed by atoms with E-state index in [-0.39, 0.29) is 5.56 Å². The lowest BCUT2D eigenvalue weighted by atomic mass is 10.0. The third-order valence-electron chi connectivity index (χ3n) is 4.14. The van der Waals surface area contributed by atoms with Crippen LogP contribution < -0.4 is 5.32 Å². The number of likely N-dealkylation sites (tertiary alicyclic amines) is 1. The zero-order chi connectivity index (χ0) is 14.3. The topological polar surface area (TPSA) is 32.3 Å². The fraction of sp³-hybridized carbons (Fsp3) is 0.500. The summed E-state index contributed by atoms with van der Waals surface area (Å²) in [5, 5.41) is 3.24. The van der Waals surface area contributed by atoms with Gasteiger partial charge in [0.2, 0.25) is 0 Å². The highest BCUT2D eigenvalue weighted by Crippen LogP contribution is 2.34. The molecule has 2 aliphatic heterocycles. The molecule has 0 bridgehead atoms. The van der Waals surface area contributed by atoms with Gasteiger partial charge in [-0.2, -0.15) is 13.2 Å². The van der Waals surface area contributed by atoms with Crippen molar-refractivity contribution in [2.75, 3.05) is 26.2 Å². The van der Waals surface area contributed by atoms with E-state index in [4.69, 9.17) is 0 Å². The van der Waals surface area contributed by atoms with Gasteiger partial charge < -0.3 is 10.2 Å². The monoisotopic (exact) mass is 284 g/mol. The molecule has 2 heterocycles. The van der Waals surface area contributed by atoms with Crippen LogP contribution in [0, 0.1) is 11.8 Å². The smallest absolute Gasteiger partial charge is 0.338 e. The molecule has 0 saturated carbocycles. The molecule has 108 valence electrons. The van der Waals surface area contributed by atoms with Crippen LogP contribution in [-0.2, 0) is 6.18 Å². The van der Waals surface area contributed by atoms with Crippen molar-refractivity contribution < 1.29 is 18.0 Å². The van der Waals surface area contributed by atoms with Gasteiger partial charge in [-0.05, 0) is 24.0 Å². The number of amides is 1. The van der Waals surface area contributed by atoms with Crippen molar-refractivity contribution in [2.24, 2.45) is 11.8 Å². The van der Waals surface area contributed by atoms with Gasteiger partial charge in [-0.1, -0.05) is 12.1 Å². The van der Waals surface area contributed by atoms with Crippen molar-refractivity contribution >= 4 is 5.91 Å². The Labute approximate surface area is 114 Å². The summed E-state index contributed by atoms with van der Waals surface area (Å²) in [6.45, 7) is 2.77. The Hall–Kier alpha value is -1.56. The molecule has 0 aromatic heterocycles. The standard InChI is InChI=1S/C14H15F3N2O/c15-14(16,17)12-4-2-1-3-11(12)13(20)19-7-9-5-18-6-10(9)8-19/h1-4,9-10,18H,5-8H2/t9-,10+. The van der Waals surface area contributed by atoms with E-state index < -0.39 is 17.6 Å². The van der Waals surface area contributed by atoms with Crippen molar-refractivity contribution in [2.45, 2.75) is 6.18 Å². The summed E-state index contributed by atoms with van der Waals surface area (Å²) in [7, 11) is 0. The van der Waals surface area contributed by atoms with Crippen LogP contribution in [0.25, 0.3) is 0 Å². The normalized spacial score (nSPS) is 25.9. The molecule has 2 atom stereocenters. The Morgan fingerprint density at radius 2 is 1.75 bits per heavy atom. The lowest BCUT2D eigenvalue weighted by Gasteiger charge is -2.20. The number of fused-ring (bicyclic) bond motifs is 1. The second kappa shape index (κ2) is 4.77. The third kappa shape index (κ3) is 2.28. The first-order valence-corrected chi connectivity index (χ1v) is 6.63. The van der Waals surface area contributed by atoms with Crippen LogP contribution >= 0.6 is 0 Å². The summed E-state index contributed by atoms with van der Waals surface area (Å²) in [4.78, 5) is 13.9. The van der Waals surface area contributed by atoms with Crippen molar-refractivity contribution in [3.8, 4) is 0 Å². The largest absolute Gasteiger partial charge is 0.417 e. The van der Waals surface area contributed by atoms with Crippen LogP contribution in [0.15, 0.2) is 24.3 Å². The highest BCUT2D eigenvalue weighted by molar-refractivity contribution is 5.96. The summed E-state index contributed by atoms with van der Waals surface area (Å²) in [6.07, 6.45) is -4.50. The molecule has 1 aromatic carbocycles. The molecule has 3 rings (SSSR count). The molecule has 6 heteroatoms. The fourth-order valence-corrected chi connectivity index (χ4v) is 3.11. The van der Waals surface area contributed by atoms with E-state index in [1.165, 1.54) is 18.2 Å². The number of alkyl halides is 3. The fourth-order valence-electron chi connectivity index (χ4n) is 3.11. The molecule has 0 radical (unpaired) electrons. The molecular formula is C14H15F3N2O. The molecule has 2 saturated heterocycles. The second-order valence-electron chi connectivity index (χ2n) is 5.43. The van der Waals surface area contributed by atoms with E-state index in [0.29, 0.717) is 24.9 Å². The van der Waals surface area contributed by atoms with E-state index in [0.717, 1.165) is 19.2 Å². The molecule has 1 N–H and O–H groups in total. The summed E-state index contributed by atoms with van der Waals surface area (Å²) in [5.74, 6) is 0.237. The maximum absolute atomic E-state index is 12.9. The summed E-state index contributed by atoms with van der Waals surface area (Å²) < 4.78 is 38.8. The summed E-state index contributed by atoms with van der Waals surface area (Å²) in [5.41, 5.74) is -1.09. The number of carbonyl (C=O) groups is 1.